The Morgan fingerprint density at radius 1 is 1.23 bits per heavy atom. The Hall–Kier alpha value is -2.70. The number of hydrogen-bond acceptors (Lipinski definition) is 3. The minimum absolute atomic E-state index is 0.213. The van der Waals surface area contributed by atoms with Gasteiger partial charge in [0.15, 0.2) is 0 Å². The molecule has 3 aromatic heterocycles. The fourth-order valence-electron chi connectivity index (χ4n) is 2.73. The van der Waals surface area contributed by atoms with Gasteiger partial charge in [0.25, 0.3) is 5.91 Å². The first-order valence-electron chi connectivity index (χ1n) is 7.86. The van der Waals surface area contributed by atoms with Crippen molar-refractivity contribution in [3.8, 4) is 5.69 Å². The summed E-state index contributed by atoms with van der Waals surface area (Å²) in [7, 11) is 0. The molecule has 4 aromatic rings. The Morgan fingerprint density at radius 3 is 2.81 bits per heavy atom. The van der Waals surface area contributed by atoms with Crippen molar-refractivity contribution >= 4 is 39.1 Å². The minimum atomic E-state index is -0.407. The van der Waals surface area contributed by atoms with Crippen LogP contribution in [0, 0.1) is 5.82 Å². The lowest BCUT2D eigenvalue weighted by molar-refractivity contribution is 0.0955. The van der Waals surface area contributed by atoms with E-state index in [-0.39, 0.29) is 17.5 Å². The summed E-state index contributed by atoms with van der Waals surface area (Å²) in [5.74, 6) is -0.632. The molecule has 0 aliphatic rings. The van der Waals surface area contributed by atoms with E-state index in [2.05, 4.69) is 10.3 Å². The molecular formula is C19H13ClFN3OS. The van der Waals surface area contributed by atoms with Crippen LogP contribution in [0.1, 0.15) is 15.2 Å². The van der Waals surface area contributed by atoms with Crippen LogP contribution in [0.25, 0.3) is 15.9 Å². The molecule has 0 bridgehead atoms. The van der Waals surface area contributed by atoms with Gasteiger partial charge in [-0.05, 0) is 42.0 Å². The maximum atomic E-state index is 13.2. The van der Waals surface area contributed by atoms with Crippen LogP contribution in [0.5, 0.6) is 0 Å². The number of aromatic nitrogens is 2. The van der Waals surface area contributed by atoms with E-state index in [9.17, 15) is 9.18 Å². The Morgan fingerprint density at radius 2 is 2.04 bits per heavy atom. The molecule has 26 heavy (non-hydrogen) atoms. The molecule has 4 rings (SSSR count). The number of halogens is 2. The monoisotopic (exact) mass is 385 g/mol. The van der Waals surface area contributed by atoms with Crippen LogP contribution in [0.4, 0.5) is 4.39 Å². The zero-order valence-corrected chi connectivity index (χ0v) is 15.0. The van der Waals surface area contributed by atoms with Gasteiger partial charge in [0.1, 0.15) is 15.5 Å². The van der Waals surface area contributed by atoms with Gasteiger partial charge in [0.05, 0.1) is 5.69 Å². The summed E-state index contributed by atoms with van der Waals surface area (Å²) in [5.41, 5.74) is 1.45. The number of thiophene rings is 1. The fraction of sp³-hybridized carbons (Fsp3) is 0.0526. The predicted molar refractivity (Wildman–Crippen MR) is 102 cm³/mol. The third-order valence-corrected chi connectivity index (χ3v) is 5.42. The topological polar surface area (TPSA) is 46.9 Å². The van der Waals surface area contributed by atoms with Gasteiger partial charge in [0.2, 0.25) is 0 Å². The molecular weight excluding hydrogens is 373 g/mol. The van der Waals surface area contributed by atoms with Crippen LogP contribution in [-0.2, 0) is 6.54 Å². The molecule has 3 heterocycles. The van der Waals surface area contributed by atoms with Crippen molar-refractivity contribution in [3.05, 3.63) is 82.3 Å². The van der Waals surface area contributed by atoms with E-state index in [0.717, 1.165) is 15.9 Å². The molecule has 4 nitrogen and oxygen atoms in total. The number of benzene rings is 1. The van der Waals surface area contributed by atoms with Crippen LogP contribution in [0.15, 0.2) is 61.1 Å². The van der Waals surface area contributed by atoms with Gasteiger partial charge in [-0.15, -0.1) is 11.3 Å². The molecule has 1 aromatic carbocycles. The summed E-state index contributed by atoms with van der Waals surface area (Å²) in [6, 6.07) is 11.7. The van der Waals surface area contributed by atoms with Crippen LogP contribution >= 0.6 is 22.9 Å². The average molecular weight is 386 g/mol. The normalized spacial score (nSPS) is 11.0. The predicted octanol–water partition coefficient (Wildman–Crippen LogP) is 4.81. The van der Waals surface area contributed by atoms with Crippen molar-refractivity contribution in [1.29, 1.82) is 0 Å². The number of fused-ring (bicyclic) bond motifs is 1. The molecule has 0 saturated carbocycles. The summed E-state index contributed by atoms with van der Waals surface area (Å²) in [4.78, 5) is 18.5. The van der Waals surface area contributed by atoms with Crippen LogP contribution in [-0.4, -0.2) is 15.5 Å². The maximum absolute atomic E-state index is 13.2. The van der Waals surface area contributed by atoms with Crippen molar-refractivity contribution in [2.45, 2.75) is 6.54 Å². The van der Waals surface area contributed by atoms with Crippen molar-refractivity contribution < 1.29 is 9.18 Å². The number of carbonyl (C=O) groups excluding carboxylic acids is 1. The van der Waals surface area contributed by atoms with E-state index in [0.29, 0.717) is 10.4 Å². The molecule has 0 saturated heterocycles. The van der Waals surface area contributed by atoms with E-state index < -0.39 is 5.82 Å². The third kappa shape index (κ3) is 3.09. The molecule has 0 fully saturated rings. The highest BCUT2D eigenvalue weighted by Gasteiger charge is 2.20. The van der Waals surface area contributed by atoms with E-state index in [1.54, 1.807) is 12.3 Å². The lowest BCUT2D eigenvalue weighted by Crippen LogP contribution is -2.23. The molecule has 1 amide bonds. The lowest BCUT2D eigenvalue weighted by atomic mass is 10.2. The van der Waals surface area contributed by atoms with E-state index in [4.69, 9.17) is 11.6 Å². The third-order valence-electron chi connectivity index (χ3n) is 3.96. The number of pyridine rings is 1. The largest absolute Gasteiger partial charge is 0.347 e. The summed E-state index contributed by atoms with van der Waals surface area (Å²) in [6.07, 6.45) is 5.49. The van der Waals surface area contributed by atoms with Gasteiger partial charge in [-0.2, -0.15) is 0 Å². The van der Waals surface area contributed by atoms with Crippen molar-refractivity contribution in [2.24, 2.45) is 0 Å². The molecule has 130 valence electrons. The molecule has 0 unspecified atom stereocenters. The van der Waals surface area contributed by atoms with Crippen LogP contribution < -0.4 is 5.32 Å². The maximum Gasteiger partial charge on any atom is 0.263 e. The SMILES string of the molecule is O=C(NCc1ccc(F)cc1Cl)c1sc2ncccc2c1-n1cccc1. The Balaban J connectivity index is 1.67. The highest BCUT2D eigenvalue weighted by atomic mass is 35.5. The molecule has 0 atom stereocenters. The number of carbonyl (C=O) groups is 1. The minimum Gasteiger partial charge on any atom is -0.347 e. The number of amides is 1. The highest BCUT2D eigenvalue weighted by Crippen LogP contribution is 2.33. The molecule has 1 N–H and O–H groups in total. The van der Waals surface area contributed by atoms with Gasteiger partial charge in [-0.25, -0.2) is 9.37 Å². The molecule has 7 heteroatoms. The smallest absolute Gasteiger partial charge is 0.263 e. The standard InChI is InChI=1S/C19H13ClFN3OS/c20-15-10-13(21)6-5-12(15)11-23-18(25)17-16(24-8-1-2-9-24)14-4-3-7-22-19(14)26-17/h1-10H,11H2,(H,23,25). The summed E-state index contributed by atoms with van der Waals surface area (Å²) < 4.78 is 15.1. The van der Waals surface area contributed by atoms with Gasteiger partial charge in [0, 0.05) is 35.5 Å². The Bertz CT molecular complexity index is 1090. The summed E-state index contributed by atoms with van der Waals surface area (Å²) in [6.45, 7) is 0.213. The first-order chi connectivity index (χ1) is 12.6. The first kappa shape index (κ1) is 16.8. The Kier molecular flexibility index (Phi) is 4.44. The van der Waals surface area contributed by atoms with Gasteiger partial charge in [-0.1, -0.05) is 17.7 Å². The number of nitrogens with zero attached hydrogens (tertiary/aromatic N) is 2. The molecule has 0 radical (unpaired) electrons. The van der Waals surface area contributed by atoms with Crippen molar-refractivity contribution in [3.63, 3.8) is 0 Å². The van der Waals surface area contributed by atoms with Gasteiger partial charge >= 0.3 is 0 Å². The van der Waals surface area contributed by atoms with Crippen LogP contribution in [0.3, 0.4) is 0 Å². The summed E-state index contributed by atoms with van der Waals surface area (Å²) >= 11 is 7.37. The van der Waals surface area contributed by atoms with E-state index in [1.165, 1.54) is 23.5 Å². The Labute approximate surface area is 157 Å². The zero-order valence-electron chi connectivity index (χ0n) is 13.4. The highest BCUT2D eigenvalue weighted by molar-refractivity contribution is 7.21. The number of nitrogens with one attached hydrogen (secondary N) is 1. The molecule has 0 aliphatic carbocycles. The van der Waals surface area contributed by atoms with E-state index in [1.807, 2.05) is 41.2 Å². The van der Waals surface area contributed by atoms with Crippen LogP contribution in [0.2, 0.25) is 5.02 Å². The second-order valence-corrected chi connectivity index (χ2v) is 7.05. The van der Waals surface area contributed by atoms with E-state index >= 15 is 0 Å². The second kappa shape index (κ2) is 6.90. The second-order valence-electron chi connectivity index (χ2n) is 5.64. The molecule has 0 spiro atoms. The van der Waals surface area contributed by atoms with Gasteiger partial charge < -0.3 is 9.88 Å². The van der Waals surface area contributed by atoms with Gasteiger partial charge in [-0.3, -0.25) is 4.79 Å². The fourth-order valence-corrected chi connectivity index (χ4v) is 4.03. The lowest BCUT2D eigenvalue weighted by Gasteiger charge is -2.09. The number of hydrogen-bond donors (Lipinski definition) is 1. The first-order valence-corrected chi connectivity index (χ1v) is 9.06. The number of rotatable bonds is 4. The van der Waals surface area contributed by atoms with Crippen molar-refractivity contribution in [1.82, 2.24) is 14.9 Å². The van der Waals surface area contributed by atoms with Crippen molar-refractivity contribution in [2.75, 3.05) is 0 Å². The zero-order chi connectivity index (χ0) is 18.1. The molecule has 0 aliphatic heterocycles. The quantitative estimate of drug-likeness (QED) is 0.548. The average Bonchev–Trinajstić information content (AvgIpc) is 3.27. The summed E-state index contributed by atoms with van der Waals surface area (Å²) in [5, 5.41) is 4.06.